The van der Waals surface area contributed by atoms with Crippen LogP contribution in [0.15, 0.2) is 30.3 Å². The molecule has 0 bridgehead atoms. The number of aromatic hydroxyl groups is 1. The molecule has 0 fully saturated rings. The van der Waals surface area contributed by atoms with E-state index >= 15 is 0 Å². The Hall–Kier alpha value is -2.03. The standard InChI is InChI=1S/C15H15FO2/c1-9-7-15(17)10(2)6-13(9)12-5-4-11(18-3)8-14(12)16/h4-8,17H,1-3H3. The van der Waals surface area contributed by atoms with Crippen molar-refractivity contribution in [1.82, 2.24) is 0 Å². The van der Waals surface area contributed by atoms with Crippen LogP contribution >= 0.6 is 0 Å². The minimum atomic E-state index is -0.331. The minimum Gasteiger partial charge on any atom is -0.508 e. The quantitative estimate of drug-likeness (QED) is 0.872. The molecule has 1 N–H and O–H groups in total. The molecule has 0 heterocycles. The number of hydrogen-bond acceptors (Lipinski definition) is 2. The van der Waals surface area contributed by atoms with Crippen molar-refractivity contribution < 1.29 is 14.2 Å². The lowest BCUT2D eigenvalue weighted by Crippen LogP contribution is -1.91. The first-order chi connectivity index (χ1) is 8.52. The molecule has 2 aromatic rings. The fourth-order valence-corrected chi connectivity index (χ4v) is 1.93. The molecule has 0 amide bonds. The maximum atomic E-state index is 14.0. The Morgan fingerprint density at radius 3 is 2.33 bits per heavy atom. The Kier molecular flexibility index (Phi) is 3.24. The van der Waals surface area contributed by atoms with E-state index in [0.29, 0.717) is 11.3 Å². The maximum Gasteiger partial charge on any atom is 0.134 e. The SMILES string of the molecule is COc1ccc(-c2cc(C)c(O)cc2C)c(F)c1. The van der Waals surface area contributed by atoms with Gasteiger partial charge in [0.15, 0.2) is 0 Å². The summed E-state index contributed by atoms with van der Waals surface area (Å²) >= 11 is 0. The average Bonchev–Trinajstić information content (AvgIpc) is 2.34. The van der Waals surface area contributed by atoms with E-state index in [1.54, 1.807) is 31.2 Å². The predicted molar refractivity (Wildman–Crippen MR) is 69.5 cm³/mol. The van der Waals surface area contributed by atoms with Gasteiger partial charge in [-0.2, -0.15) is 0 Å². The zero-order valence-electron chi connectivity index (χ0n) is 10.6. The van der Waals surface area contributed by atoms with Gasteiger partial charge < -0.3 is 9.84 Å². The van der Waals surface area contributed by atoms with Crippen molar-refractivity contribution in [2.75, 3.05) is 7.11 Å². The lowest BCUT2D eigenvalue weighted by molar-refractivity contribution is 0.411. The van der Waals surface area contributed by atoms with Crippen LogP contribution in [-0.4, -0.2) is 12.2 Å². The predicted octanol–water partition coefficient (Wildman–Crippen LogP) is 3.82. The highest BCUT2D eigenvalue weighted by Gasteiger charge is 2.11. The van der Waals surface area contributed by atoms with Crippen LogP contribution in [0.25, 0.3) is 11.1 Å². The average molecular weight is 246 g/mol. The molecule has 3 heteroatoms. The number of rotatable bonds is 2. The van der Waals surface area contributed by atoms with E-state index in [2.05, 4.69) is 0 Å². The molecule has 18 heavy (non-hydrogen) atoms. The topological polar surface area (TPSA) is 29.5 Å². The molecule has 2 aromatic carbocycles. The summed E-state index contributed by atoms with van der Waals surface area (Å²) in [6.45, 7) is 3.64. The fourth-order valence-electron chi connectivity index (χ4n) is 1.93. The van der Waals surface area contributed by atoms with Crippen LogP contribution in [0.1, 0.15) is 11.1 Å². The van der Waals surface area contributed by atoms with Crippen LogP contribution < -0.4 is 4.74 Å². The van der Waals surface area contributed by atoms with Crippen molar-refractivity contribution in [3.63, 3.8) is 0 Å². The molecule has 2 nitrogen and oxygen atoms in total. The van der Waals surface area contributed by atoms with Crippen molar-refractivity contribution in [3.8, 4) is 22.6 Å². The number of methoxy groups -OCH3 is 1. The Balaban J connectivity index is 2.58. The third-order valence-corrected chi connectivity index (χ3v) is 3.01. The molecule has 2 rings (SSSR count). The molecular formula is C15H15FO2. The second-order valence-corrected chi connectivity index (χ2v) is 4.30. The number of ether oxygens (including phenoxy) is 1. The van der Waals surface area contributed by atoms with Gasteiger partial charge in [-0.25, -0.2) is 4.39 Å². The third kappa shape index (κ3) is 2.16. The highest BCUT2D eigenvalue weighted by Crippen LogP contribution is 2.32. The van der Waals surface area contributed by atoms with Crippen molar-refractivity contribution in [2.24, 2.45) is 0 Å². The second-order valence-electron chi connectivity index (χ2n) is 4.30. The summed E-state index contributed by atoms with van der Waals surface area (Å²) in [5.41, 5.74) is 2.86. The van der Waals surface area contributed by atoms with Gasteiger partial charge in [0.2, 0.25) is 0 Å². The van der Waals surface area contributed by atoms with Crippen LogP contribution in [0.2, 0.25) is 0 Å². The number of halogens is 1. The molecule has 0 aliphatic rings. The van der Waals surface area contributed by atoms with Gasteiger partial charge in [0.1, 0.15) is 17.3 Å². The smallest absolute Gasteiger partial charge is 0.134 e. The fraction of sp³-hybridized carbons (Fsp3) is 0.200. The van der Waals surface area contributed by atoms with Gasteiger partial charge in [-0.15, -0.1) is 0 Å². The van der Waals surface area contributed by atoms with E-state index in [9.17, 15) is 9.50 Å². The van der Waals surface area contributed by atoms with Crippen LogP contribution in [0, 0.1) is 19.7 Å². The molecule has 0 atom stereocenters. The first-order valence-electron chi connectivity index (χ1n) is 5.67. The Labute approximate surface area is 106 Å². The van der Waals surface area contributed by atoms with Gasteiger partial charge in [-0.1, -0.05) is 0 Å². The van der Waals surface area contributed by atoms with Gasteiger partial charge in [0.25, 0.3) is 0 Å². The van der Waals surface area contributed by atoms with Crippen LogP contribution in [0.5, 0.6) is 11.5 Å². The van der Waals surface area contributed by atoms with E-state index in [1.807, 2.05) is 6.92 Å². The van der Waals surface area contributed by atoms with Crippen LogP contribution in [-0.2, 0) is 0 Å². The normalized spacial score (nSPS) is 10.4. The van der Waals surface area contributed by atoms with E-state index < -0.39 is 0 Å². The zero-order chi connectivity index (χ0) is 13.3. The van der Waals surface area contributed by atoms with Gasteiger partial charge in [-0.3, -0.25) is 0 Å². The highest BCUT2D eigenvalue weighted by atomic mass is 19.1. The van der Waals surface area contributed by atoms with Crippen molar-refractivity contribution in [1.29, 1.82) is 0 Å². The van der Waals surface area contributed by atoms with Gasteiger partial charge >= 0.3 is 0 Å². The molecular weight excluding hydrogens is 231 g/mol. The second kappa shape index (κ2) is 4.69. The van der Waals surface area contributed by atoms with Crippen molar-refractivity contribution in [2.45, 2.75) is 13.8 Å². The summed E-state index contributed by atoms with van der Waals surface area (Å²) < 4.78 is 19.0. The van der Waals surface area contributed by atoms with Gasteiger partial charge in [0.05, 0.1) is 7.11 Å². The summed E-state index contributed by atoms with van der Waals surface area (Å²) in [5, 5.41) is 9.61. The Bertz CT molecular complexity index is 591. The van der Waals surface area contributed by atoms with E-state index in [0.717, 1.165) is 16.7 Å². The summed E-state index contributed by atoms with van der Waals surface area (Å²) in [7, 11) is 1.50. The highest BCUT2D eigenvalue weighted by molar-refractivity contribution is 5.70. The number of hydrogen-bond donors (Lipinski definition) is 1. The minimum absolute atomic E-state index is 0.227. The third-order valence-electron chi connectivity index (χ3n) is 3.01. The summed E-state index contributed by atoms with van der Waals surface area (Å²) in [6.07, 6.45) is 0. The summed E-state index contributed by atoms with van der Waals surface area (Å²) in [5.74, 6) is 0.386. The molecule has 0 saturated carbocycles. The first-order valence-corrected chi connectivity index (χ1v) is 5.67. The molecule has 0 aromatic heterocycles. The van der Waals surface area contributed by atoms with Gasteiger partial charge in [-0.05, 0) is 54.8 Å². The van der Waals surface area contributed by atoms with Crippen molar-refractivity contribution >= 4 is 0 Å². The number of phenols is 1. The summed E-state index contributed by atoms with van der Waals surface area (Å²) in [4.78, 5) is 0. The molecule has 0 saturated heterocycles. The lowest BCUT2D eigenvalue weighted by atomic mass is 9.97. The molecule has 0 spiro atoms. The number of aryl methyl sites for hydroxylation is 2. The largest absolute Gasteiger partial charge is 0.508 e. The van der Waals surface area contributed by atoms with Crippen LogP contribution in [0.3, 0.4) is 0 Å². The molecule has 0 aliphatic heterocycles. The summed E-state index contributed by atoms with van der Waals surface area (Å²) in [6, 6.07) is 8.20. The maximum absolute atomic E-state index is 14.0. The van der Waals surface area contributed by atoms with E-state index in [-0.39, 0.29) is 11.6 Å². The monoisotopic (exact) mass is 246 g/mol. The number of benzene rings is 2. The van der Waals surface area contributed by atoms with E-state index in [1.165, 1.54) is 13.2 Å². The molecule has 94 valence electrons. The molecule has 0 aliphatic carbocycles. The van der Waals surface area contributed by atoms with Crippen LogP contribution in [0.4, 0.5) is 4.39 Å². The zero-order valence-corrected chi connectivity index (χ0v) is 10.6. The Morgan fingerprint density at radius 1 is 1.00 bits per heavy atom. The Morgan fingerprint density at radius 2 is 1.72 bits per heavy atom. The van der Waals surface area contributed by atoms with Crippen molar-refractivity contribution in [3.05, 3.63) is 47.3 Å². The molecule has 0 radical (unpaired) electrons. The molecule has 0 unspecified atom stereocenters. The van der Waals surface area contributed by atoms with Gasteiger partial charge in [0, 0.05) is 11.6 Å². The number of phenolic OH excluding ortho intramolecular Hbond substituents is 1. The van der Waals surface area contributed by atoms with E-state index in [4.69, 9.17) is 4.74 Å². The first kappa shape index (κ1) is 12.4. The lowest BCUT2D eigenvalue weighted by Gasteiger charge is -2.11.